The monoisotopic (exact) mass is 586 g/mol. The van der Waals surface area contributed by atoms with Gasteiger partial charge in [0.2, 0.25) is 0 Å². The molecule has 3 heterocycles. The molecule has 2 aromatic carbocycles. The largest absolute Gasteiger partial charge is 0.491 e. The van der Waals surface area contributed by atoms with Crippen LogP contribution < -0.4 is 19.6 Å². The van der Waals surface area contributed by atoms with Crippen LogP contribution in [0.2, 0.25) is 0 Å². The van der Waals surface area contributed by atoms with Crippen LogP contribution in [0.3, 0.4) is 0 Å². The van der Waals surface area contributed by atoms with Crippen LogP contribution in [-0.2, 0) is 9.53 Å². The normalized spacial score (nSPS) is 15.0. The molecular weight excluding hydrogens is 556 g/mol. The predicted octanol–water partition coefficient (Wildman–Crippen LogP) is 4.85. The minimum atomic E-state index is -1.02. The molecule has 1 aliphatic rings. The van der Waals surface area contributed by atoms with Crippen molar-refractivity contribution in [1.82, 2.24) is 4.57 Å². The molecule has 2 aromatic heterocycles. The van der Waals surface area contributed by atoms with Gasteiger partial charge >= 0.3 is 11.9 Å². The van der Waals surface area contributed by atoms with Crippen molar-refractivity contribution >= 4 is 29.4 Å². The summed E-state index contributed by atoms with van der Waals surface area (Å²) in [6.45, 7) is 9.18. The minimum absolute atomic E-state index is 0.133. The first-order chi connectivity index (χ1) is 20.1. The average Bonchev–Trinajstić information content (AvgIpc) is 3.52. The van der Waals surface area contributed by atoms with Gasteiger partial charge in [-0.3, -0.25) is 9.36 Å². The predicted molar refractivity (Wildman–Crippen MR) is 158 cm³/mol. The maximum atomic E-state index is 14.0. The van der Waals surface area contributed by atoms with E-state index < -0.39 is 18.0 Å². The third-order valence-corrected chi connectivity index (χ3v) is 7.81. The molecule has 1 aliphatic heterocycles. The number of aromatic nitrogens is 1. The van der Waals surface area contributed by atoms with Crippen molar-refractivity contribution < 1.29 is 28.6 Å². The Kier molecular flexibility index (Phi) is 8.00. The smallest absolute Gasteiger partial charge is 0.338 e. The first-order valence-electron chi connectivity index (χ1n) is 13.5. The number of hydrogen-bond donors (Lipinski definition) is 1. The van der Waals surface area contributed by atoms with Gasteiger partial charge in [0.05, 0.1) is 34.1 Å². The van der Waals surface area contributed by atoms with Crippen LogP contribution in [-0.4, -0.2) is 34.3 Å². The number of hydrogen-bond acceptors (Lipinski definition) is 8. The van der Waals surface area contributed by atoms with Gasteiger partial charge < -0.3 is 19.0 Å². The number of ether oxygens (including phenoxy) is 2. The lowest BCUT2D eigenvalue weighted by Gasteiger charge is -2.26. The molecule has 1 N–H and O–H groups in total. The Hall–Kier alpha value is -4.70. The van der Waals surface area contributed by atoms with Gasteiger partial charge in [0.1, 0.15) is 23.3 Å². The lowest BCUT2D eigenvalue weighted by molar-refractivity contribution is -0.139. The molecule has 0 saturated heterocycles. The van der Waals surface area contributed by atoms with E-state index in [1.807, 2.05) is 38.1 Å². The van der Waals surface area contributed by atoms with Crippen LogP contribution >= 0.6 is 11.3 Å². The number of allylic oxidation sites excluding steroid dienone is 1. The van der Waals surface area contributed by atoms with Gasteiger partial charge in [-0.05, 0) is 64.4 Å². The zero-order valence-corrected chi connectivity index (χ0v) is 24.7. The number of esters is 1. The molecular formula is C32H30N2O7S. The zero-order chi connectivity index (χ0) is 30.1. The number of carbonyl (C=O) groups excluding carboxylic acids is 1. The number of carboxylic acids is 1. The van der Waals surface area contributed by atoms with E-state index in [1.165, 1.54) is 15.9 Å². The Balaban J connectivity index is 1.66. The van der Waals surface area contributed by atoms with E-state index in [4.69, 9.17) is 13.9 Å². The maximum absolute atomic E-state index is 14.0. The van der Waals surface area contributed by atoms with Crippen molar-refractivity contribution in [2.45, 2.75) is 46.8 Å². The summed E-state index contributed by atoms with van der Waals surface area (Å²) in [5.74, 6) is -0.121. The number of rotatable bonds is 8. The third-order valence-electron chi connectivity index (χ3n) is 6.82. The van der Waals surface area contributed by atoms with Crippen LogP contribution in [0.5, 0.6) is 5.75 Å². The molecule has 5 rings (SSSR count). The van der Waals surface area contributed by atoms with E-state index in [1.54, 1.807) is 57.2 Å². The SMILES string of the molecule is CCOC(=O)C1=C(C)N=c2s/c(=C/c3ccc(-c4cccc(C(=O)O)c4C)o3)c(=O)n2[C@H]1c1ccccc1OC(C)C. The second kappa shape index (κ2) is 11.7. The van der Waals surface area contributed by atoms with Gasteiger partial charge in [-0.1, -0.05) is 41.7 Å². The fourth-order valence-electron chi connectivity index (χ4n) is 4.99. The number of benzene rings is 2. The number of nitrogens with zero attached hydrogens (tertiary/aromatic N) is 2. The number of carbonyl (C=O) groups is 2. The molecule has 4 aromatic rings. The summed E-state index contributed by atoms with van der Waals surface area (Å²) in [6, 6.07) is 15.0. The van der Waals surface area contributed by atoms with Crippen LogP contribution in [0.4, 0.5) is 0 Å². The highest BCUT2D eigenvalue weighted by molar-refractivity contribution is 7.07. The molecule has 1 atom stereocenters. The fraction of sp³-hybridized carbons (Fsp3) is 0.250. The summed E-state index contributed by atoms with van der Waals surface area (Å²) in [5.41, 5.74) is 2.43. The lowest BCUT2D eigenvalue weighted by atomic mass is 9.95. The molecule has 216 valence electrons. The molecule has 0 spiro atoms. The number of thiazole rings is 1. The number of aromatic carboxylic acids is 1. The topological polar surface area (TPSA) is 120 Å². The van der Waals surface area contributed by atoms with E-state index in [9.17, 15) is 19.5 Å². The number of carboxylic acid groups (broad SMARTS) is 1. The van der Waals surface area contributed by atoms with Gasteiger partial charge in [-0.15, -0.1) is 0 Å². The quantitative estimate of drug-likeness (QED) is 0.293. The Morgan fingerprint density at radius 1 is 1.12 bits per heavy atom. The molecule has 0 aliphatic carbocycles. The van der Waals surface area contributed by atoms with Crippen molar-refractivity contribution in [3.63, 3.8) is 0 Å². The van der Waals surface area contributed by atoms with E-state index in [0.29, 0.717) is 49.0 Å². The maximum Gasteiger partial charge on any atom is 0.338 e. The molecule has 0 unspecified atom stereocenters. The van der Waals surface area contributed by atoms with Crippen LogP contribution in [0, 0.1) is 6.92 Å². The summed E-state index contributed by atoms with van der Waals surface area (Å²) < 4.78 is 19.4. The van der Waals surface area contributed by atoms with Crippen molar-refractivity contribution in [3.05, 3.63) is 108 Å². The van der Waals surface area contributed by atoms with Gasteiger partial charge in [-0.2, -0.15) is 0 Å². The summed E-state index contributed by atoms with van der Waals surface area (Å²) >= 11 is 1.18. The summed E-state index contributed by atoms with van der Waals surface area (Å²) in [5, 5.41) is 9.49. The standard InChI is InChI=1S/C32H30N2O7S/c1-6-39-31(38)27-19(5)33-32-34(28(27)23-10-7-8-13-24(23)40-17(2)3)29(35)26(42-32)16-20-14-15-25(41-20)21-11-9-12-22(18(21)4)30(36)37/h7-17,28H,6H2,1-5H3,(H,36,37)/b26-16+/t28-/m0/s1. The molecule has 0 saturated carbocycles. The van der Waals surface area contributed by atoms with Gasteiger partial charge in [-0.25, -0.2) is 14.6 Å². The average molecular weight is 587 g/mol. The Bertz CT molecular complexity index is 1910. The van der Waals surface area contributed by atoms with E-state index in [2.05, 4.69) is 4.99 Å². The van der Waals surface area contributed by atoms with Crippen molar-refractivity contribution in [1.29, 1.82) is 0 Å². The highest BCUT2D eigenvalue weighted by atomic mass is 32.1. The van der Waals surface area contributed by atoms with Gasteiger partial charge in [0.25, 0.3) is 5.56 Å². The van der Waals surface area contributed by atoms with E-state index in [-0.39, 0.29) is 29.4 Å². The Morgan fingerprint density at radius 2 is 1.88 bits per heavy atom. The first-order valence-corrected chi connectivity index (χ1v) is 14.3. The molecule has 0 bridgehead atoms. The summed E-state index contributed by atoms with van der Waals surface area (Å²) in [7, 11) is 0. The number of fused-ring (bicyclic) bond motifs is 1. The second-order valence-electron chi connectivity index (χ2n) is 9.99. The zero-order valence-electron chi connectivity index (χ0n) is 23.8. The van der Waals surface area contributed by atoms with E-state index >= 15 is 0 Å². The molecule has 42 heavy (non-hydrogen) atoms. The van der Waals surface area contributed by atoms with Crippen LogP contribution in [0.15, 0.2) is 80.1 Å². The van der Waals surface area contributed by atoms with Crippen molar-refractivity contribution in [2.75, 3.05) is 6.61 Å². The molecule has 0 amide bonds. The van der Waals surface area contributed by atoms with E-state index in [0.717, 1.165) is 0 Å². The van der Waals surface area contributed by atoms with Crippen molar-refractivity contribution in [3.8, 4) is 17.1 Å². The molecule has 0 radical (unpaired) electrons. The highest BCUT2D eigenvalue weighted by Crippen LogP contribution is 2.36. The molecule has 10 heteroatoms. The van der Waals surface area contributed by atoms with Gasteiger partial charge in [0, 0.05) is 17.2 Å². The van der Waals surface area contributed by atoms with Crippen LogP contribution in [0.25, 0.3) is 17.4 Å². The fourth-order valence-corrected chi connectivity index (χ4v) is 6.02. The Morgan fingerprint density at radius 3 is 2.60 bits per heavy atom. The number of furan rings is 1. The highest BCUT2D eigenvalue weighted by Gasteiger charge is 2.35. The molecule has 0 fully saturated rings. The number of para-hydroxylation sites is 1. The van der Waals surface area contributed by atoms with Gasteiger partial charge in [0.15, 0.2) is 4.80 Å². The van der Waals surface area contributed by atoms with Crippen LogP contribution in [0.1, 0.15) is 61.0 Å². The summed E-state index contributed by atoms with van der Waals surface area (Å²) in [4.78, 5) is 43.8. The molecule has 9 nitrogen and oxygen atoms in total. The Labute approximate surface area is 245 Å². The summed E-state index contributed by atoms with van der Waals surface area (Å²) in [6.07, 6.45) is 1.49. The second-order valence-corrected chi connectivity index (χ2v) is 11.0. The first kappa shape index (κ1) is 28.8. The lowest BCUT2D eigenvalue weighted by Crippen LogP contribution is -2.40. The minimum Gasteiger partial charge on any atom is -0.491 e. The van der Waals surface area contributed by atoms with Crippen molar-refractivity contribution in [2.24, 2.45) is 4.99 Å². The third kappa shape index (κ3) is 5.33.